The van der Waals surface area contributed by atoms with Crippen LogP contribution in [0.4, 0.5) is 5.69 Å². The topological polar surface area (TPSA) is 67.9 Å². The molecule has 0 bridgehead atoms. The third-order valence-corrected chi connectivity index (χ3v) is 7.64. The van der Waals surface area contributed by atoms with Crippen LogP contribution in [0.1, 0.15) is 26.0 Å². The highest BCUT2D eigenvalue weighted by Crippen LogP contribution is 2.56. The molecule has 0 aliphatic carbocycles. The maximum Gasteiger partial charge on any atom is 0.195 e. The number of anilines is 1. The molecule has 1 aromatic carbocycles. The third kappa shape index (κ3) is 2.43. The third-order valence-electron chi connectivity index (χ3n) is 5.80. The van der Waals surface area contributed by atoms with Gasteiger partial charge in [0.25, 0.3) is 0 Å². The number of thiophene rings is 2. The largest absolute Gasteiger partial charge is 0.351 e. The molecule has 6 heteroatoms. The summed E-state index contributed by atoms with van der Waals surface area (Å²) in [5.41, 5.74) is 0.528. The van der Waals surface area contributed by atoms with Crippen LogP contribution in [0.15, 0.2) is 65.4 Å². The minimum Gasteiger partial charge on any atom is -0.351 e. The predicted molar refractivity (Wildman–Crippen MR) is 115 cm³/mol. The molecule has 0 N–H and O–H groups in total. The van der Waals surface area contributed by atoms with Gasteiger partial charge in [-0.1, -0.05) is 42.5 Å². The van der Waals surface area contributed by atoms with Gasteiger partial charge >= 0.3 is 0 Å². The quantitative estimate of drug-likeness (QED) is 0.561. The number of carbonyl (C=O) groups excluding carboxylic acids is 1. The van der Waals surface area contributed by atoms with Crippen molar-refractivity contribution in [3.8, 4) is 12.1 Å². The van der Waals surface area contributed by atoms with E-state index in [2.05, 4.69) is 12.1 Å². The summed E-state index contributed by atoms with van der Waals surface area (Å²) >= 11 is 2.89. The SMILES string of the molecule is N#CC1(C#N)C(c2cccs2)C(C(=O)c2cccs2)N2c3ccccc3C=CC21. The van der Waals surface area contributed by atoms with E-state index in [1.54, 1.807) is 0 Å². The number of para-hydroxylation sites is 1. The Morgan fingerprint density at radius 2 is 1.76 bits per heavy atom. The van der Waals surface area contributed by atoms with E-state index >= 15 is 0 Å². The zero-order valence-electron chi connectivity index (χ0n) is 15.2. The van der Waals surface area contributed by atoms with Crippen LogP contribution >= 0.6 is 22.7 Å². The van der Waals surface area contributed by atoms with Crippen molar-refractivity contribution in [1.29, 1.82) is 10.5 Å². The van der Waals surface area contributed by atoms with Crippen LogP contribution in [-0.4, -0.2) is 17.9 Å². The number of Topliss-reactive ketones (excluding diaryl/α,β-unsaturated/α-hetero) is 1. The van der Waals surface area contributed by atoms with Crippen molar-refractivity contribution in [2.75, 3.05) is 4.90 Å². The van der Waals surface area contributed by atoms with Gasteiger partial charge in [-0.05, 0) is 34.5 Å². The second-order valence-corrected chi connectivity index (χ2v) is 9.07. The lowest BCUT2D eigenvalue weighted by atomic mass is 9.71. The molecule has 140 valence electrons. The minimum atomic E-state index is -1.35. The molecular formula is C23H15N3OS2. The normalized spacial score (nSPS) is 23.7. The van der Waals surface area contributed by atoms with Crippen molar-refractivity contribution in [2.45, 2.75) is 18.0 Å². The average Bonchev–Trinajstić information content (AvgIpc) is 3.52. The summed E-state index contributed by atoms with van der Waals surface area (Å²) in [4.78, 5) is 17.3. The first-order valence-corrected chi connectivity index (χ1v) is 11.0. The number of benzene rings is 1. The molecule has 3 aromatic rings. The molecule has 2 aromatic heterocycles. The van der Waals surface area contributed by atoms with E-state index in [9.17, 15) is 15.3 Å². The van der Waals surface area contributed by atoms with E-state index in [0.29, 0.717) is 4.88 Å². The number of nitrogens with zero attached hydrogens (tertiary/aromatic N) is 3. The van der Waals surface area contributed by atoms with Crippen molar-refractivity contribution < 1.29 is 4.79 Å². The molecule has 5 rings (SSSR count). The van der Waals surface area contributed by atoms with Crippen LogP contribution in [0.5, 0.6) is 0 Å². The van der Waals surface area contributed by atoms with E-state index in [0.717, 1.165) is 16.1 Å². The summed E-state index contributed by atoms with van der Waals surface area (Å²) < 4.78 is 0. The number of hydrogen-bond donors (Lipinski definition) is 0. The van der Waals surface area contributed by atoms with Gasteiger partial charge in [0, 0.05) is 10.6 Å². The zero-order valence-corrected chi connectivity index (χ0v) is 16.9. The van der Waals surface area contributed by atoms with E-state index < -0.39 is 23.4 Å². The van der Waals surface area contributed by atoms with Gasteiger partial charge < -0.3 is 4.90 Å². The van der Waals surface area contributed by atoms with E-state index in [-0.39, 0.29) is 5.78 Å². The lowest BCUT2D eigenvalue weighted by Gasteiger charge is -2.35. The summed E-state index contributed by atoms with van der Waals surface area (Å²) in [5, 5.41) is 24.3. The van der Waals surface area contributed by atoms with Crippen molar-refractivity contribution in [1.82, 2.24) is 0 Å². The Morgan fingerprint density at radius 1 is 1.00 bits per heavy atom. The number of ketones is 1. The average molecular weight is 414 g/mol. The zero-order chi connectivity index (χ0) is 20.0. The smallest absolute Gasteiger partial charge is 0.195 e. The Kier molecular flexibility index (Phi) is 4.13. The fourth-order valence-corrected chi connectivity index (χ4v) is 6.21. The van der Waals surface area contributed by atoms with Crippen LogP contribution in [0.25, 0.3) is 6.08 Å². The first-order chi connectivity index (χ1) is 14.2. The summed E-state index contributed by atoms with van der Waals surface area (Å²) in [6.07, 6.45) is 3.88. The first kappa shape index (κ1) is 17.9. The number of carbonyl (C=O) groups is 1. The van der Waals surface area contributed by atoms with Gasteiger partial charge in [-0.15, -0.1) is 22.7 Å². The fraction of sp³-hybridized carbons (Fsp3) is 0.174. The molecule has 0 spiro atoms. The standard InChI is InChI=1S/C23H15N3OS2/c24-13-23(14-25)19-10-9-15-5-1-2-6-16(15)26(19)21(20(23)17-7-3-11-28-17)22(27)18-8-4-12-29-18/h1-12,19-21H. The molecule has 3 unspecified atom stereocenters. The Morgan fingerprint density at radius 3 is 2.45 bits per heavy atom. The van der Waals surface area contributed by atoms with Crippen LogP contribution in [0, 0.1) is 28.1 Å². The molecular weight excluding hydrogens is 398 g/mol. The van der Waals surface area contributed by atoms with Crippen LogP contribution in [0.2, 0.25) is 0 Å². The molecule has 0 radical (unpaired) electrons. The van der Waals surface area contributed by atoms with Crippen molar-refractivity contribution in [3.05, 3.63) is 80.7 Å². The van der Waals surface area contributed by atoms with Crippen molar-refractivity contribution in [2.24, 2.45) is 5.41 Å². The van der Waals surface area contributed by atoms with Gasteiger partial charge in [0.2, 0.25) is 0 Å². The highest BCUT2D eigenvalue weighted by Gasteiger charge is 2.63. The second-order valence-electron chi connectivity index (χ2n) is 7.14. The van der Waals surface area contributed by atoms with Crippen LogP contribution in [-0.2, 0) is 0 Å². The fourth-order valence-electron chi connectivity index (χ4n) is 4.58. The highest BCUT2D eigenvalue weighted by atomic mass is 32.1. The summed E-state index contributed by atoms with van der Waals surface area (Å²) in [6.45, 7) is 0. The minimum absolute atomic E-state index is 0.0409. The van der Waals surface area contributed by atoms with Crippen molar-refractivity contribution >= 4 is 40.2 Å². The molecule has 29 heavy (non-hydrogen) atoms. The summed E-state index contributed by atoms with van der Waals surface area (Å²) in [5.74, 6) is -0.575. The molecule has 4 nitrogen and oxygen atoms in total. The van der Waals surface area contributed by atoms with Crippen LogP contribution < -0.4 is 4.90 Å². The van der Waals surface area contributed by atoms with Crippen molar-refractivity contribution in [3.63, 3.8) is 0 Å². The number of nitriles is 2. The molecule has 2 aliphatic heterocycles. The lowest BCUT2D eigenvalue weighted by Crippen LogP contribution is -2.44. The van der Waals surface area contributed by atoms with E-state index in [4.69, 9.17) is 0 Å². The second kappa shape index (κ2) is 6.70. The maximum atomic E-state index is 13.7. The molecule has 1 saturated heterocycles. The highest BCUT2D eigenvalue weighted by molar-refractivity contribution is 7.12. The van der Waals surface area contributed by atoms with Gasteiger partial charge in [0.1, 0.15) is 6.04 Å². The lowest BCUT2D eigenvalue weighted by molar-refractivity contribution is 0.0955. The first-order valence-electron chi connectivity index (χ1n) is 9.20. The molecule has 4 heterocycles. The monoisotopic (exact) mass is 413 g/mol. The molecule has 1 fully saturated rings. The Balaban J connectivity index is 1.79. The predicted octanol–water partition coefficient (Wildman–Crippen LogP) is 5.09. The molecule has 0 amide bonds. The Labute approximate surface area is 176 Å². The van der Waals surface area contributed by atoms with Gasteiger partial charge in [0.05, 0.1) is 29.0 Å². The molecule has 3 atom stereocenters. The van der Waals surface area contributed by atoms with E-state index in [1.165, 1.54) is 22.7 Å². The van der Waals surface area contributed by atoms with Gasteiger partial charge in [-0.2, -0.15) is 10.5 Å². The Hall–Kier alpha value is -3.19. The van der Waals surface area contributed by atoms with Crippen LogP contribution in [0.3, 0.4) is 0 Å². The number of hydrogen-bond acceptors (Lipinski definition) is 6. The van der Waals surface area contributed by atoms with Gasteiger partial charge in [0.15, 0.2) is 11.2 Å². The summed E-state index contributed by atoms with van der Waals surface area (Å²) in [7, 11) is 0. The Bertz CT molecular complexity index is 1170. The maximum absolute atomic E-state index is 13.7. The van der Waals surface area contributed by atoms with E-state index in [1.807, 2.05) is 76.3 Å². The molecule has 2 aliphatic rings. The number of rotatable bonds is 3. The van der Waals surface area contributed by atoms with Gasteiger partial charge in [-0.25, -0.2) is 0 Å². The molecule has 0 saturated carbocycles. The van der Waals surface area contributed by atoms with Gasteiger partial charge in [-0.3, -0.25) is 4.79 Å². The summed E-state index contributed by atoms with van der Waals surface area (Å²) in [6, 6.07) is 18.9. The number of fused-ring (bicyclic) bond motifs is 3.